The van der Waals surface area contributed by atoms with E-state index < -0.39 is 13.8 Å². The third-order valence-electron chi connectivity index (χ3n) is 5.06. The minimum absolute atomic E-state index is 0.317. The van der Waals surface area contributed by atoms with Crippen molar-refractivity contribution in [3.63, 3.8) is 0 Å². The molecule has 3 aromatic rings. The number of anilines is 1. The Morgan fingerprint density at radius 3 is 1.81 bits per heavy atom. The van der Waals surface area contributed by atoms with Gasteiger partial charge in [0, 0.05) is 5.69 Å². The molecule has 0 bridgehead atoms. The summed E-state index contributed by atoms with van der Waals surface area (Å²) >= 11 is 0. The number of hydrogen-bond acceptors (Lipinski definition) is 4. The molecule has 7 heteroatoms. The molecule has 3 aromatic carbocycles. The van der Waals surface area contributed by atoms with Gasteiger partial charge in [-0.1, -0.05) is 84.9 Å². The summed E-state index contributed by atoms with van der Waals surface area (Å²) in [6.45, 7) is 7.10. The van der Waals surface area contributed by atoms with Crippen LogP contribution in [0.3, 0.4) is 0 Å². The minimum Gasteiger partial charge on any atom is -0.325 e. The summed E-state index contributed by atoms with van der Waals surface area (Å²) in [6.07, 6.45) is 3.67. The number of carbonyl (C=O) groups is 1. The molecule has 0 unspecified atom stereocenters. The van der Waals surface area contributed by atoms with Gasteiger partial charge in [0.25, 0.3) is 0 Å². The molecule has 0 saturated heterocycles. The van der Waals surface area contributed by atoms with Gasteiger partial charge in [0.1, 0.15) is 6.04 Å². The van der Waals surface area contributed by atoms with E-state index in [0.717, 1.165) is 16.7 Å². The Hall–Kier alpha value is -3.02. The molecule has 0 spiro atoms. The Kier molecular flexibility index (Phi) is 10.2. The quantitative estimate of drug-likeness (QED) is 0.205. The average molecular weight is 507 g/mol. The lowest BCUT2D eigenvalue weighted by molar-refractivity contribution is -0.117. The minimum atomic E-state index is -3.75. The average Bonchev–Trinajstić information content (AvgIpc) is 2.83. The highest BCUT2D eigenvalue weighted by Gasteiger charge is 2.34. The molecule has 0 radical (unpaired) electrons. The van der Waals surface area contributed by atoms with Gasteiger partial charge in [-0.3, -0.25) is 13.8 Å². The Morgan fingerprint density at radius 2 is 1.28 bits per heavy atom. The van der Waals surface area contributed by atoms with Crippen LogP contribution in [0, 0.1) is 0 Å². The first-order chi connectivity index (χ1) is 17.2. The van der Waals surface area contributed by atoms with Crippen LogP contribution in [0.5, 0.6) is 0 Å². The van der Waals surface area contributed by atoms with Crippen molar-refractivity contribution in [1.29, 1.82) is 0 Å². The van der Waals surface area contributed by atoms with Gasteiger partial charge in [-0.2, -0.15) is 0 Å². The lowest BCUT2D eigenvalue weighted by atomic mass is 10.1. The highest BCUT2D eigenvalue weighted by Crippen LogP contribution is 2.47. The van der Waals surface area contributed by atoms with Crippen LogP contribution in [0.4, 0.5) is 5.69 Å². The molecule has 190 valence electrons. The van der Waals surface area contributed by atoms with Crippen LogP contribution in [0.15, 0.2) is 84.9 Å². The number of carbonyl (C=O) groups excluding carboxylic acids is 1. The van der Waals surface area contributed by atoms with E-state index in [1.54, 1.807) is 27.7 Å². The predicted molar refractivity (Wildman–Crippen MR) is 148 cm³/mol. The summed E-state index contributed by atoms with van der Waals surface area (Å²) in [5, 5.41) is 5.83. The number of amides is 1. The predicted octanol–water partition coefficient (Wildman–Crippen LogP) is 6.95. The number of rotatable bonds is 12. The summed E-state index contributed by atoms with van der Waals surface area (Å²) in [4.78, 5) is 13.3. The Balaban J connectivity index is 1.75. The van der Waals surface area contributed by atoms with Gasteiger partial charge in [-0.05, 0) is 62.9 Å². The third kappa shape index (κ3) is 9.21. The fourth-order valence-electron chi connectivity index (χ4n) is 3.54. The number of hydrogen-bond donors (Lipinski definition) is 2. The van der Waals surface area contributed by atoms with Crippen LogP contribution in [0.25, 0.3) is 12.2 Å². The van der Waals surface area contributed by atoms with Crippen molar-refractivity contribution in [1.82, 2.24) is 5.09 Å². The van der Waals surface area contributed by atoms with Gasteiger partial charge in [0.05, 0.1) is 12.2 Å². The fourth-order valence-corrected chi connectivity index (χ4v) is 5.41. The lowest BCUT2D eigenvalue weighted by Crippen LogP contribution is -2.41. The molecule has 36 heavy (non-hydrogen) atoms. The molecule has 0 aliphatic carbocycles. The first kappa shape index (κ1) is 27.6. The van der Waals surface area contributed by atoms with Crippen molar-refractivity contribution in [3.05, 3.63) is 102 Å². The van der Waals surface area contributed by atoms with E-state index in [1.807, 2.05) is 97.1 Å². The molecule has 0 heterocycles. The van der Waals surface area contributed by atoms with Crippen LogP contribution in [-0.4, -0.2) is 24.2 Å². The lowest BCUT2D eigenvalue weighted by Gasteiger charge is -2.27. The van der Waals surface area contributed by atoms with E-state index in [-0.39, 0.29) is 18.1 Å². The standard InChI is InChI=1S/C29H35N2O4P/c1-22(2)34-36(33,35-23(3)4)31-28(21-26-13-9-6-10-14-26)29(32)30-27-19-17-25(18-20-27)16-15-24-11-7-5-8-12-24/h5-20,22-23,28H,21H2,1-4H3,(H,30,32)(H,31,33)/b16-15+/t28-/m0/s1. The second kappa shape index (κ2) is 13.3. The maximum absolute atomic E-state index is 13.5. The van der Waals surface area contributed by atoms with E-state index in [0.29, 0.717) is 12.1 Å². The molecule has 3 rings (SSSR count). The first-order valence-corrected chi connectivity index (χ1v) is 13.7. The zero-order chi connectivity index (χ0) is 26.0. The normalized spacial score (nSPS) is 12.8. The van der Waals surface area contributed by atoms with Gasteiger partial charge in [0.15, 0.2) is 0 Å². The smallest absolute Gasteiger partial charge is 0.325 e. The Bertz CT molecular complexity index is 1150. The topological polar surface area (TPSA) is 76.7 Å². The number of benzene rings is 3. The summed E-state index contributed by atoms with van der Waals surface area (Å²) in [7, 11) is -3.75. The molecule has 0 saturated carbocycles. The summed E-state index contributed by atoms with van der Waals surface area (Å²) in [6, 6.07) is 26.3. The van der Waals surface area contributed by atoms with E-state index >= 15 is 0 Å². The van der Waals surface area contributed by atoms with E-state index in [2.05, 4.69) is 10.4 Å². The van der Waals surface area contributed by atoms with Crippen molar-refractivity contribution in [2.24, 2.45) is 0 Å². The SMILES string of the molecule is CC(C)OP(=O)(N[C@@H](Cc1ccccc1)C(=O)Nc1ccc(/C=C/c2ccccc2)cc1)OC(C)C. The Morgan fingerprint density at radius 1 is 0.778 bits per heavy atom. The molecule has 0 aliphatic rings. The van der Waals surface area contributed by atoms with Crippen LogP contribution in [-0.2, 0) is 24.8 Å². The van der Waals surface area contributed by atoms with Crippen molar-refractivity contribution >= 4 is 31.5 Å². The fraction of sp³-hybridized carbons (Fsp3) is 0.276. The largest absolute Gasteiger partial charge is 0.406 e. The summed E-state index contributed by atoms with van der Waals surface area (Å²) in [5.41, 5.74) is 3.69. The van der Waals surface area contributed by atoms with Gasteiger partial charge >= 0.3 is 7.75 Å². The molecular formula is C29H35N2O4P. The van der Waals surface area contributed by atoms with Crippen LogP contribution in [0.2, 0.25) is 0 Å². The first-order valence-electron chi connectivity index (χ1n) is 12.1. The monoisotopic (exact) mass is 506 g/mol. The number of nitrogens with one attached hydrogen (secondary N) is 2. The second-order valence-corrected chi connectivity index (χ2v) is 10.7. The van der Waals surface area contributed by atoms with Gasteiger partial charge in [0.2, 0.25) is 5.91 Å². The van der Waals surface area contributed by atoms with Crippen LogP contribution >= 0.6 is 7.75 Å². The molecule has 1 atom stereocenters. The van der Waals surface area contributed by atoms with Gasteiger partial charge in [-0.15, -0.1) is 0 Å². The van der Waals surface area contributed by atoms with E-state index in [4.69, 9.17) is 9.05 Å². The zero-order valence-corrected chi connectivity index (χ0v) is 22.2. The van der Waals surface area contributed by atoms with E-state index in [1.165, 1.54) is 0 Å². The van der Waals surface area contributed by atoms with E-state index in [9.17, 15) is 9.36 Å². The molecule has 0 fully saturated rings. The molecular weight excluding hydrogens is 471 g/mol. The van der Waals surface area contributed by atoms with Crippen molar-refractivity contribution < 1.29 is 18.4 Å². The Labute approximate surface area is 214 Å². The second-order valence-electron chi connectivity index (χ2n) is 9.03. The molecule has 1 amide bonds. The van der Waals surface area contributed by atoms with Crippen LogP contribution in [0.1, 0.15) is 44.4 Å². The van der Waals surface area contributed by atoms with Gasteiger partial charge < -0.3 is 5.32 Å². The summed E-state index contributed by atoms with van der Waals surface area (Å²) in [5.74, 6) is -0.327. The zero-order valence-electron chi connectivity index (χ0n) is 21.3. The van der Waals surface area contributed by atoms with Crippen molar-refractivity contribution in [3.8, 4) is 0 Å². The maximum atomic E-state index is 13.5. The molecule has 6 nitrogen and oxygen atoms in total. The third-order valence-corrected chi connectivity index (χ3v) is 7.08. The van der Waals surface area contributed by atoms with Crippen molar-refractivity contribution in [2.45, 2.75) is 52.4 Å². The molecule has 0 aliphatic heterocycles. The highest BCUT2D eigenvalue weighted by molar-refractivity contribution is 7.51. The summed E-state index contributed by atoms with van der Waals surface area (Å²) < 4.78 is 24.7. The van der Waals surface area contributed by atoms with Gasteiger partial charge in [-0.25, -0.2) is 9.65 Å². The van der Waals surface area contributed by atoms with Crippen LogP contribution < -0.4 is 10.4 Å². The maximum Gasteiger partial charge on any atom is 0.406 e. The highest BCUT2D eigenvalue weighted by atomic mass is 31.2. The van der Waals surface area contributed by atoms with Crippen molar-refractivity contribution in [2.75, 3.05) is 5.32 Å². The molecule has 0 aromatic heterocycles. The molecule has 2 N–H and O–H groups in total.